The van der Waals surface area contributed by atoms with Crippen molar-refractivity contribution in [1.29, 1.82) is 0 Å². The van der Waals surface area contributed by atoms with Gasteiger partial charge in [-0.15, -0.1) is 0 Å². The highest BCUT2D eigenvalue weighted by atomic mass is 15.0. The molecular weight excluding hydrogens is 256 g/mol. The zero-order valence-electron chi connectivity index (χ0n) is 12.0. The van der Waals surface area contributed by atoms with Gasteiger partial charge in [0, 0.05) is 5.69 Å². The van der Waals surface area contributed by atoms with Crippen LogP contribution in [0.1, 0.15) is 22.9 Å². The maximum atomic E-state index is 4.55. The van der Waals surface area contributed by atoms with Crippen molar-refractivity contribution in [1.82, 2.24) is 4.98 Å². The summed E-state index contributed by atoms with van der Waals surface area (Å²) in [6.07, 6.45) is 0. The number of benzene rings is 2. The molecule has 0 amide bonds. The van der Waals surface area contributed by atoms with Crippen molar-refractivity contribution in [3.8, 4) is 0 Å². The van der Waals surface area contributed by atoms with Crippen molar-refractivity contribution in [3.63, 3.8) is 0 Å². The van der Waals surface area contributed by atoms with Gasteiger partial charge in [0.05, 0.1) is 6.04 Å². The molecule has 0 saturated carbocycles. The minimum Gasteiger partial charge on any atom is -0.359 e. The number of hydrogen-bond acceptors (Lipinski definition) is 2. The van der Waals surface area contributed by atoms with E-state index >= 15 is 0 Å². The molecule has 0 saturated heterocycles. The maximum absolute atomic E-state index is 4.55. The van der Waals surface area contributed by atoms with Crippen LogP contribution in [0.3, 0.4) is 0 Å². The second kappa shape index (κ2) is 6.23. The van der Waals surface area contributed by atoms with Crippen LogP contribution in [-0.4, -0.2) is 4.98 Å². The number of pyridine rings is 1. The Hall–Kier alpha value is -2.61. The lowest BCUT2D eigenvalue weighted by molar-refractivity contribution is 0.923. The molecule has 0 fully saturated rings. The molecule has 1 N–H and O–H groups in total. The molecule has 0 bridgehead atoms. The van der Waals surface area contributed by atoms with Gasteiger partial charge in [-0.2, -0.15) is 0 Å². The largest absolute Gasteiger partial charge is 0.359 e. The first kappa shape index (κ1) is 13.4. The molecule has 0 unspecified atom stereocenters. The lowest BCUT2D eigenvalue weighted by Crippen LogP contribution is -2.13. The Morgan fingerprint density at radius 1 is 0.714 bits per heavy atom. The summed E-state index contributed by atoms with van der Waals surface area (Å²) >= 11 is 0. The van der Waals surface area contributed by atoms with Crippen molar-refractivity contribution in [2.75, 3.05) is 5.32 Å². The van der Waals surface area contributed by atoms with E-state index in [2.05, 4.69) is 58.8 Å². The summed E-state index contributed by atoms with van der Waals surface area (Å²) < 4.78 is 0. The first-order valence-corrected chi connectivity index (χ1v) is 7.13. The van der Waals surface area contributed by atoms with Crippen LogP contribution in [0.15, 0.2) is 78.9 Å². The van der Waals surface area contributed by atoms with Crippen LogP contribution in [0.4, 0.5) is 5.82 Å². The molecule has 0 aliphatic rings. The standard InChI is InChI=1S/C19H18N2/c1-15-9-8-14-18(20-15)21-19(16-10-4-2-5-11-16)17-12-6-3-7-13-17/h2-14,19H,1H3,(H,20,21). The Kier molecular flexibility index (Phi) is 3.97. The topological polar surface area (TPSA) is 24.9 Å². The summed E-state index contributed by atoms with van der Waals surface area (Å²) in [5.41, 5.74) is 3.47. The van der Waals surface area contributed by atoms with Crippen molar-refractivity contribution >= 4 is 5.82 Å². The van der Waals surface area contributed by atoms with Gasteiger partial charge in [0.2, 0.25) is 0 Å². The minimum absolute atomic E-state index is 0.0988. The van der Waals surface area contributed by atoms with E-state index in [1.54, 1.807) is 0 Å². The fourth-order valence-corrected chi connectivity index (χ4v) is 2.42. The average molecular weight is 274 g/mol. The van der Waals surface area contributed by atoms with Crippen molar-refractivity contribution in [2.24, 2.45) is 0 Å². The van der Waals surface area contributed by atoms with Crippen molar-refractivity contribution < 1.29 is 0 Å². The quantitative estimate of drug-likeness (QED) is 0.752. The van der Waals surface area contributed by atoms with Crippen LogP contribution in [0.2, 0.25) is 0 Å². The Balaban J connectivity index is 1.97. The summed E-state index contributed by atoms with van der Waals surface area (Å²) in [7, 11) is 0. The number of nitrogens with zero attached hydrogens (tertiary/aromatic N) is 1. The molecule has 1 aromatic heterocycles. The van der Waals surface area contributed by atoms with Crippen molar-refractivity contribution in [3.05, 3.63) is 95.7 Å². The molecule has 1 heterocycles. The van der Waals surface area contributed by atoms with Gasteiger partial charge in [-0.25, -0.2) is 4.98 Å². The molecule has 2 aromatic carbocycles. The van der Waals surface area contributed by atoms with Gasteiger partial charge in [0.15, 0.2) is 0 Å². The molecule has 21 heavy (non-hydrogen) atoms. The molecular formula is C19H18N2. The van der Waals surface area contributed by atoms with E-state index in [1.165, 1.54) is 11.1 Å². The third kappa shape index (κ3) is 3.29. The monoisotopic (exact) mass is 274 g/mol. The van der Waals surface area contributed by atoms with Gasteiger partial charge in [-0.05, 0) is 30.2 Å². The van der Waals surface area contributed by atoms with E-state index in [-0.39, 0.29) is 6.04 Å². The number of aromatic nitrogens is 1. The van der Waals surface area contributed by atoms with Gasteiger partial charge in [0.25, 0.3) is 0 Å². The van der Waals surface area contributed by atoms with Crippen LogP contribution in [0.5, 0.6) is 0 Å². The molecule has 0 spiro atoms. The second-order valence-electron chi connectivity index (χ2n) is 5.06. The Labute approximate surface area is 125 Å². The number of anilines is 1. The van der Waals surface area contributed by atoms with Crippen LogP contribution in [-0.2, 0) is 0 Å². The molecule has 0 aliphatic carbocycles. The molecule has 104 valence electrons. The van der Waals surface area contributed by atoms with Crippen LogP contribution >= 0.6 is 0 Å². The SMILES string of the molecule is Cc1cccc(NC(c2ccccc2)c2ccccc2)n1. The van der Waals surface area contributed by atoms with E-state index in [4.69, 9.17) is 0 Å². The van der Waals surface area contributed by atoms with Crippen LogP contribution < -0.4 is 5.32 Å². The highest BCUT2D eigenvalue weighted by Crippen LogP contribution is 2.25. The third-order valence-corrected chi connectivity index (χ3v) is 3.45. The van der Waals surface area contributed by atoms with Gasteiger partial charge in [-0.1, -0.05) is 66.7 Å². The van der Waals surface area contributed by atoms with E-state index < -0.39 is 0 Å². The highest BCUT2D eigenvalue weighted by Gasteiger charge is 2.13. The van der Waals surface area contributed by atoms with Gasteiger partial charge in [0.1, 0.15) is 5.82 Å². The molecule has 0 atom stereocenters. The smallest absolute Gasteiger partial charge is 0.126 e. The molecule has 3 rings (SSSR count). The third-order valence-electron chi connectivity index (χ3n) is 3.45. The van der Waals surface area contributed by atoms with Gasteiger partial charge in [-0.3, -0.25) is 0 Å². The fourth-order valence-electron chi connectivity index (χ4n) is 2.42. The predicted octanol–water partition coefficient (Wildman–Crippen LogP) is 4.59. The van der Waals surface area contributed by atoms with E-state index in [9.17, 15) is 0 Å². The highest BCUT2D eigenvalue weighted by molar-refractivity contribution is 5.44. The van der Waals surface area contributed by atoms with E-state index in [0.29, 0.717) is 0 Å². The average Bonchev–Trinajstić information content (AvgIpc) is 2.54. The summed E-state index contributed by atoms with van der Waals surface area (Å²) in [4.78, 5) is 4.55. The van der Waals surface area contributed by atoms with E-state index in [1.807, 2.05) is 37.3 Å². The first-order chi connectivity index (χ1) is 10.3. The summed E-state index contributed by atoms with van der Waals surface area (Å²) in [6.45, 7) is 2.01. The predicted molar refractivity (Wildman–Crippen MR) is 87.3 cm³/mol. The molecule has 0 aliphatic heterocycles. The fraction of sp³-hybridized carbons (Fsp3) is 0.105. The molecule has 2 heteroatoms. The summed E-state index contributed by atoms with van der Waals surface area (Å²) in [5.74, 6) is 0.896. The first-order valence-electron chi connectivity index (χ1n) is 7.13. The second-order valence-corrected chi connectivity index (χ2v) is 5.06. The molecule has 0 radical (unpaired) electrons. The Morgan fingerprint density at radius 2 is 1.29 bits per heavy atom. The Bertz CT molecular complexity index is 654. The van der Waals surface area contributed by atoms with Crippen LogP contribution in [0, 0.1) is 6.92 Å². The van der Waals surface area contributed by atoms with Gasteiger partial charge >= 0.3 is 0 Å². The number of rotatable bonds is 4. The number of hydrogen-bond donors (Lipinski definition) is 1. The van der Waals surface area contributed by atoms with E-state index in [0.717, 1.165) is 11.5 Å². The summed E-state index contributed by atoms with van der Waals surface area (Å²) in [6, 6.07) is 27.0. The maximum Gasteiger partial charge on any atom is 0.126 e. The Morgan fingerprint density at radius 3 is 1.81 bits per heavy atom. The summed E-state index contributed by atoms with van der Waals surface area (Å²) in [5, 5.41) is 3.54. The normalized spacial score (nSPS) is 10.6. The number of nitrogens with one attached hydrogen (secondary N) is 1. The zero-order chi connectivity index (χ0) is 14.5. The van der Waals surface area contributed by atoms with Crippen molar-refractivity contribution in [2.45, 2.75) is 13.0 Å². The van der Waals surface area contributed by atoms with Gasteiger partial charge < -0.3 is 5.32 Å². The number of aryl methyl sites for hydroxylation is 1. The lowest BCUT2D eigenvalue weighted by atomic mass is 9.99. The lowest BCUT2D eigenvalue weighted by Gasteiger charge is -2.20. The molecule has 3 aromatic rings. The minimum atomic E-state index is 0.0988. The van der Waals surface area contributed by atoms with Crippen LogP contribution in [0.25, 0.3) is 0 Å². The zero-order valence-corrected chi connectivity index (χ0v) is 12.0. The molecule has 2 nitrogen and oxygen atoms in total.